The molecule has 196 valence electrons. The Labute approximate surface area is 219 Å². The molecule has 0 saturated carbocycles. The zero-order chi connectivity index (χ0) is 26.3. The molecule has 0 radical (unpaired) electrons. The zero-order valence-electron chi connectivity index (χ0n) is 21.2. The summed E-state index contributed by atoms with van der Waals surface area (Å²) in [6.07, 6.45) is 2.44. The summed E-state index contributed by atoms with van der Waals surface area (Å²) in [5.74, 6) is 0.0814. The van der Waals surface area contributed by atoms with Crippen molar-refractivity contribution in [2.24, 2.45) is 0 Å². The number of aromatic nitrogens is 3. The maximum Gasteiger partial charge on any atom is 0.280 e. The van der Waals surface area contributed by atoms with E-state index in [1.54, 1.807) is 27.7 Å². The summed E-state index contributed by atoms with van der Waals surface area (Å²) in [4.78, 5) is 42.5. The second-order valence-corrected chi connectivity index (χ2v) is 9.83. The molecular weight excluding hydrogens is 498 g/mol. The van der Waals surface area contributed by atoms with Crippen LogP contribution in [-0.4, -0.2) is 64.4 Å². The third kappa shape index (κ3) is 4.33. The summed E-state index contributed by atoms with van der Waals surface area (Å²) < 4.78 is 14.7. The highest BCUT2D eigenvalue weighted by Crippen LogP contribution is 2.38. The smallest absolute Gasteiger partial charge is 0.280 e. The van der Waals surface area contributed by atoms with Crippen molar-refractivity contribution in [2.75, 3.05) is 33.4 Å². The number of nitrogens with zero attached hydrogens (tertiary/aromatic N) is 4. The van der Waals surface area contributed by atoms with Gasteiger partial charge in [0, 0.05) is 36.3 Å². The molecule has 10 nitrogen and oxygen atoms in total. The molecule has 11 heteroatoms. The van der Waals surface area contributed by atoms with Gasteiger partial charge in [-0.25, -0.2) is 4.68 Å². The average Bonchev–Trinajstić information content (AvgIpc) is 3.24. The molecule has 2 aliphatic rings. The van der Waals surface area contributed by atoms with Crippen LogP contribution in [0.3, 0.4) is 0 Å². The Bertz CT molecular complexity index is 1450. The molecule has 0 aliphatic carbocycles. The summed E-state index contributed by atoms with van der Waals surface area (Å²) in [5.41, 5.74) is 0.906. The monoisotopic (exact) mass is 527 g/mol. The molecule has 1 atom stereocenters. The second-order valence-electron chi connectivity index (χ2n) is 9.40. The number of carbonyl (C=O) groups excluding carboxylic acids is 2. The van der Waals surface area contributed by atoms with E-state index in [1.807, 2.05) is 13.8 Å². The lowest BCUT2D eigenvalue weighted by atomic mass is 10.2. The van der Waals surface area contributed by atoms with Crippen LogP contribution >= 0.6 is 11.6 Å². The van der Waals surface area contributed by atoms with Gasteiger partial charge in [-0.15, -0.1) is 0 Å². The number of hydrogen-bond donors (Lipinski definition) is 1. The zero-order valence-corrected chi connectivity index (χ0v) is 21.9. The quantitative estimate of drug-likeness (QED) is 0.548. The molecule has 3 aromatic rings. The van der Waals surface area contributed by atoms with E-state index in [4.69, 9.17) is 21.1 Å². The third-order valence-corrected chi connectivity index (χ3v) is 7.22. The Morgan fingerprint density at radius 3 is 2.78 bits per heavy atom. The molecule has 2 aliphatic heterocycles. The lowest BCUT2D eigenvalue weighted by Gasteiger charge is -2.32. The standard InChI is InChI=1S/C26H30ClN5O5/c1-4-30-13-15(2)32-21-19(23(36-3)22(32)26(30)35)25(34)31-14-16-8-9-17(27)12-18(16)37-11-7-5-6-10-28-24(33)20(21)29-31/h8-9,12,15H,4-7,10-11,13-14H2,1-3H3,(H,28,33)/t15-/m0/s1. The lowest BCUT2D eigenvalue weighted by Crippen LogP contribution is -2.42. The van der Waals surface area contributed by atoms with Crippen molar-refractivity contribution in [1.82, 2.24) is 24.6 Å². The normalized spacial score (nSPS) is 18.5. The molecule has 0 fully saturated rings. The number of ether oxygens (including phenoxy) is 2. The summed E-state index contributed by atoms with van der Waals surface area (Å²) >= 11 is 6.22. The van der Waals surface area contributed by atoms with Crippen LogP contribution in [0.25, 0.3) is 10.9 Å². The highest BCUT2D eigenvalue weighted by Gasteiger charge is 2.38. The Kier molecular flexibility index (Phi) is 6.85. The van der Waals surface area contributed by atoms with Gasteiger partial charge < -0.3 is 24.3 Å². The molecule has 2 bridgehead atoms. The van der Waals surface area contributed by atoms with Gasteiger partial charge >= 0.3 is 0 Å². The molecule has 0 saturated heterocycles. The Balaban J connectivity index is 1.80. The maximum atomic E-state index is 13.9. The molecule has 0 spiro atoms. The first kappa shape index (κ1) is 25.1. The van der Waals surface area contributed by atoms with Crippen LogP contribution in [-0.2, 0) is 6.54 Å². The number of amides is 2. The van der Waals surface area contributed by atoms with Crippen LogP contribution in [0.15, 0.2) is 23.0 Å². The average molecular weight is 528 g/mol. The Morgan fingerprint density at radius 2 is 2.03 bits per heavy atom. The van der Waals surface area contributed by atoms with E-state index in [-0.39, 0.29) is 41.0 Å². The first-order valence-corrected chi connectivity index (χ1v) is 12.9. The minimum Gasteiger partial charge on any atom is -0.493 e. The number of rotatable bonds is 2. The van der Waals surface area contributed by atoms with E-state index in [9.17, 15) is 14.4 Å². The Hall–Kier alpha value is -3.53. The van der Waals surface area contributed by atoms with Crippen molar-refractivity contribution in [3.05, 3.63) is 50.5 Å². The van der Waals surface area contributed by atoms with Crippen LogP contribution in [0.4, 0.5) is 0 Å². The molecule has 1 N–H and O–H groups in total. The number of fused-ring (bicyclic) bond motifs is 7. The fraction of sp³-hybridized carbons (Fsp3) is 0.462. The van der Waals surface area contributed by atoms with Crippen molar-refractivity contribution in [1.29, 1.82) is 0 Å². The van der Waals surface area contributed by atoms with Gasteiger partial charge in [-0.1, -0.05) is 17.7 Å². The van der Waals surface area contributed by atoms with Crippen molar-refractivity contribution in [3.8, 4) is 11.5 Å². The SMILES string of the molecule is CCN1C[C@H](C)n2c(c(OC)c3c(=O)n4nc(c32)C(=O)NCCCCCOc2cc(Cl)ccc2C4)C1=O. The molecule has 1 aromatic carbocycles. The van der Waals surface area contributed by atoms with Gasteiger partial charge in [0.05, 0.1) is 25.8 Å². The predicted molar refractivity (Wildman–Crippen MR) is 139 cm³/mol. The maximum absolute atomic E-state index is 13.9. The van der Waals surface area contributed by atoms with Crippen LogP contribution in [0.2, 0.25) is 5.02 Å². The lowest BCUT2D eigenvalue weighted by molar-refractivity contribution is 0.0685. The van der Waals surface area contributed by atoms with Crippen molar-refractivity contribution in [3.63, 3.8) is 0 Å². The van der Waals surface area contributed by atoms with Crippen LogP contribution in [0.1, 0.15) is 65.7 Å². The second kappa shape index (κ2) is 10.1. The predicted octanol–water partition coefficient (Wildman–Crippen LogP) is 3.24. The van der Waals surface area contributed by atoms with Gasteiger partial charge in [0.25, 0.3) is 17.4 Å². The summed E-state index contributed by atoms with van der Waals surface area (Å²) in [5, 5.41) is 8.17. The first-order chi connectivity index (χ1) is 17.8. The van der Waals surface area contributed by atoms with E-state index in [0.29, 0.717) is 48.1 Å². The molecule has 37 heavy (non-hydrogen) atoms. The summed E-state index contributed by atoms with van der Waals surface area (Å²) in [6, 6.07) is 5.04. The number of benzene rings is 1. The highest BCUT2D eigenvalue weighted by molar-refractivity contribution is 6.30. The fourth-order valence-corrected chi connectivity index (χ4v) is 5.34. The van der Waals surface area contributed by atoms with Crippen LogP contribution < -0.4 is 20.3 Å². The molecule has 5 rings (SSSR count). The number of hydrogen-bond acceptors (Lipinski definition) is 6. The molecule has 0 unspecified atom stereocenters. The largest absolute Gasteiger partial charge is 0.493 e. The highest BCUT2D eigenvalue weighted by atomic mass is 35.5. The number of likely N-dealkylation sites (N-methyl/N-ethyl adjacent to an activating group) is 1. The van der Waals surface area contributed by atoms with Gasteiger partial charge in [0.1, 0.15) is 11.1 Å². The minimum atomic E-state index is -0.457. The van der Waals surface area contributed by atoms with Gasteiger partial charge in [-0.05, 0) is 45.2 Å². The van der Waals surface area contributed by atoms with Crippen molar-refractivity contribution < 1.29 is 19.1 Å². The topological polar surface area (TPSA) is 108 Å². The summed E-state index contributed by atoms with van der Waals surface area (Å²) in [7, 11) is 1.43. The van der Waals surface area contributed by atoms with E-state index >= 15 is 0 Å². The van der Waals surface area contributed by atoms with E-state index < -0.39 is 11.5 Å². The molecule has 2 amide bonds. The number of halogens is 1. The fourth-order valence-electron chi connectivity index (χ4n) is 5.17. The van der Waals surface area contributed by atoms with Gasteiger partial charge in [0.2, 0.25) is 0 Å². The first-order valence-electron chi connectivity index (χ1n) is 12.6. The van der Waals surface area contributed by atoms with Gasteiger partial charge in [0.15, 0.2) is 17.1 Å². The number of carbonyl (C=O) groups is 2. The number of nitrogens with one attached hydrogen (secondary N) is 1. The Morgan fingerprint density at radius 1 is 1.22 bits per heavy atom. The van der Waals surface area contributed by atoms with Crippen LogP contribution in [0.5, 0.6) is 11.5 Å². The van der Waals surface area contributed by atoms with Crippen LogP contribution in [0, 0.1) is 0 Å². The van der Waals surface area contributed by atoms with E-state index in [1.165, 1.54) is 11.8 Å². The van der Waals surface area contributed by atoms with Crippen molar-refractivity contribution >= 4 is 34.3 Å². The number of methoxy groups -OCH3 is 1. The minimum absolute atomic E-state index is 0.0514. The molecule has 2 aromatic heterocycles. The van der Waals surface area contributed by atoms with Gasteiger partial charge in [-0.2, -0.15) is 5.10 Å². The third-order valence-electron chi connectivity index (χ3n) is 6.98. The van der Waals surface area contributed by atoms with Crippen molar-refractivity contribution in [2.45, 2.75) is 45.7 Å². The van der Waals surface area contributed by atoms with E-state index in [2.05, 4.69) is 10.4 Å². The van der Waals surface area contributed by atoms with Gasteiger partial charge in [-0.3, -0.25) is 14.4 Å². The van der Waals surface area contributed by atoms with E-state index in [0.717, 1.165) is 19.3 Å². The molecule has 4 heterocycles. The molecular formula is C26H30ClN5O5. The summed E-state index contributed by atoms with van der Waals surface area (Å²) in [6.45, 7) is 5.81.